The molecule has 2 nitrogen and oxygen atoms in total. The highest BCUT2D eigenvalue weighted by Crippen LogP contribution is 2.48. The van der Waals surface area contributed by atoms with Crippen molar-refractivity contribution in [3.63, 3.8) is 0 Å². The lowest BCUT2D eigenvalue weighted by Crippen LogP contribution is -1.98. The van der Waals surface area contributed by atoms with Gasteiger partial charge in [0.2, 0.25) is 0 Å². The predicted molar refractivity (Wildman–Crippen MR) is 54.9 cm³/mol. The monoisotopic (exact) mass is 210 g/mol. The third-order valence-corrected chi connectivity index (χ3v) is 4.59. The fraction of sp³-hybridized carbons (Fsp3) is 0.556. The highest BCUT2D eigenvalue weighted by Gasteiger charge is 2.43. The van der Waals surface area contributed by atoms with Crippen LogP contribution in [0, 0.1) is 23.7 Å². The lowest BCUT2D eigenvalue weighted by molar-refractivity contribution is 0.782. The molecule has 1 saturated carbocycles. The van der Waals surface area contributed by atoms with Crippen LogP contribution in [0.15, 0.2) is 9.72 Å². The lowest BCUT2D eigenvalue weighted by Gasteiger charge is -2.00. The Morgan fingerprint density at radius 3 is 3.00 bits per heavy atom. The third kappa shape index (κ3) is 2.04. The van der Waals surface area contributed by atoms with E-state index >= 15 is 0 Å². The van der Waals surface area contributed by atoms with Gasteiger partial charge in [-0.1, -0.05) is 11.8 Å². The molecule has 0 saturated heterocycles. The summed E-state index contributed by atoms with van der Waals surface area (Å²) < 4.78 is 1.10. The number of nitrogens with zero attached hydrogens (tertiary/aromatic N) is 2. The number of aromatic nitrogens is 1. The van der Waals surface area contributed by atoms with Crippen LogP contribution in [0.2, 0.25) is 0 Å². The highest BCUT2D eigenvalue weighted by atomic mass is 32.2. The molecule has 4 heteroatoms. The normalized spacial score (nSPS) is 18.2. The largest absolute Gasteiger partial charge is 0.235 e. The van der Waals surface area contributed by atoms with E-state index in [1.807, 2.05) is 12.3 Å². The predicted octanol–water partition coefficient (Wildman–Crippen LogP) is 2.85. The summed E-state index contributed by atoms with van der Waals surface area (Å²) in [7, 11) is 0. The zero-order valence-electron chi connectivity index (χ0n) is 7.41. The first kappa shape index (κ1) is 9.04. The second-order valence-electron chi connectivity index (χ2n) is 3.44. The fourth-order valence-corrected chi connectivity index (χ4v) is 3.11. The van der Waals surface area contributed by atoms with Gasteiger partial charge in [0.1, 0.15) is 4.34 Å². The molecular weight excluding hydrogens is 200 g/mol. The zero-order chi connectivity index (χ0) is 9.31. The molecule has 0 aliphatic heterocycles. The molecule has 0 spiro atoms. The van der Waals surface area contributed by atoms with Crippen molar-refractivity contribution in [3.8, 4) is 6.07 Å². The van der Waals surface area contributed by atoms with Crippen LogP contribution in [-0.2, 0) is 0 Å². The third-order valence-electron chi connectivity index (χ3n) is 2.16. The number of thioether (sulfide) groups is 1. The Labute approximate surface area is 86.0 Å². The first-order valence-electron chi connectivity index (χ1n) is 4.20. The number of thiazole rings is 1. The van der Waals surface area contributed by atoms with Crippen molar-refractivity contribution < 1.29 is 0 Å². The Morgan fingerprint density at radius 1 is 1.77 bits per heavy atom. The second-order valence-corrected chi connectivity index (χ2v) is 5.52. The van der Waals surface area contributed by atoms with Crippen molar-refractivity contribution in [2.45, 2.75) is 24.1 Å². The van der Waals surface area contributed by atoms with Gasteiger partial charge >= 0.3 is 0 Å². The molecule has 68 valence electrons. The minimum Gasteiger partial charge on any atom is -0.235 e. The molecular formula is C9H10N2S2. The molecule has 0 amide bonds. The maximum absolute atomic E-state index is 8.86. The summed E-state index contributed by atoms with van der Waals surface area (Å²) in [6, 6.07) is 2.39. The van der Waals surface area contributed by atoms with Crippen LogP contribution in [0.5, 0.6) is 0 Å². The van der Waals surface area contributed by atoms with Gasteiger partial charge in [-0.15, -0.1) is 11.3 Å². The van der Waals surface area contributed by atoms with Crippen LogP contribution in [0.4, 0.5) is 0 Å². The molecule has 1 aromatic rings. The van der Waals surface area contributed by atoms with Gasteiger partial charge in [0.15, 0.2) is 0 Å². The molecule has 1 aliphatic rings. The van der Waals surface area contributed by atoms with Crippen LogP contribution < -0.4 is 0 Å². The maximum Gasteiger partial charge on any atom is 0.150 e. The van der Waals surface area contributed by atoms with Crippen molar-refractivity contribution in [1.29, 1.82) is 5.26 Å². The summed E-state index contributed by atoms with van der Waals surface area (Å²) in [6.07, 6.45) is 2.14. The standard InChI is InChI=1S/C9H10N2S2/c1-7-4-12-8(11-7)13-6-9(5-10)2-3-9/h4H,2-3,6H2,1H3. The van der Waals surface area contributed by atoms with Crippen LogP contribution in [0.3, 0.4) is 0 Å². The molecule has 1 aliphatic carbocycles. The van der Waals surface area contributed by atoms with Crippen molar-refractivity contribution in [2.24, 2.45) is 5.41 Å². The minimum atomic E-state index is -0.00968. The number of hydrogen-bond donors (Lipinski definition) is 0. The summed E-state index contributed by atoms with van der Waals surface area (Å²) in [5.74, 6) is 0.913. The number of aryl methyl sites for hydroxylation is 1. The van der Waals surface area contributed by atoms with E-state index < -0.39 is 0 Å². The second kappa shape index (κ2) is 3.32. The average molecular weight is 210 g/mol. The smallest absolute Gasteiger partial charge is 0.150 e. The van der Waals surface area contributed by atoms with Crippen LogP contribution >= 0.6 is 23.1 Å². The number of rotatable bonds is 3. The van der Waals surface area contributed by atoms with E-state index in [0.29, 0.717) is 0 Å². The number of hydrogen-bond acceptors (Lipinski definition) is 4. The fourth-order valence-electron chi connectivity index (χ4n) is 1.04. The molecule has 2 rings (SSSR count). The molecule has 0 bridgehead atoms. The van der Waals surface area contributed by atoms with Crippen LogP contribution in [-0.4, -0.2) is 10.7 Å². The van der Waals surface area contributed by atoms with Gasteiger partial charge in [0, 0.05) is 16.8 Å². The average Bonchev–Trinajstić information content (AvgIpc) is 2.81. The zero-order valence-corrected chi connectivity index (χ0v) is 9.04. The van der Waals surface area contributed by atoms with Crippen molar-refractivity contribution in [2.75, 3.05) is 5.75 Å². The van der Waals surface area contributed by atoms with Gasteiger partial charge in [0.05, 0.1) is 11.5 Å². The summed E-state index contributed by atoms with van der Waals surface area (Å²) >= 11 is 3.39. The molecule has 1 fully saturated rings. The van der Waals surface area contributed by atoms with E-state index in [9.17, 15) is 0 Å². The van der Waals surface area contributed by atoms with E-state index in [0.717, 1.165) is 28.6 Å². The van der Waals surface area contributed by atoms with E-state index in [-0.39, 0.29) is 5.41 Å². The quantitative estimate of drug-likeness (QED) is 0.720. The van der Waals surface area contributed by atoms with E-state index in [1.54, 1.807) is 23.1 Å². The van der Waals surface area contributed by atoms with Gasteiger partial charge in [0.25, 0.3) is 0 Å². The maximum atomic E-state index is 8.86. The topological polar surface area (TPSA) is 36.7 Å². The van der Waals surface area contributed by atoms with Gasteiger partial charge in [-0.2, -0.15) is 5.26 Å². The lowest BCUT2D eigenvalue weighted by atomic mass is 10.2. The molecule has 1 heterocycles. The SMILES string of the molecule is Cc1csc(SCC2(C#N)CC2)n1. The summed E-state index contributed by atoms with van der Waals surface area (Å²) in [5.41, 5.74) is 1.07. The van der Waals surface area contributed by atoms with E-state index in [1.165, 1.54) is 0 Å². The number of nitriles is 1. The Bertz CT molecular complexity index is 347. The Hall–Kier alpha value is -0.530. The first-order chi connectivity index (χ1) is 6.24. The van der Waals surface area contributed by atoms with Crippen LogP contribution in [0.25, 0.3) is 0 Å². The van der Waals surface area contributed by atoms with Gasteiger partial charge in [-0.25, -0.2) is 4.98 Å². The first-order valence-corrected chi connectivity index (χ1v) is 6.07. The molecule has 1 aromatic heterocycles. The molecule has 13 heavy (non-hydrogen) atoms. The van der Waals surface area contributed by atoms with E-state index in [4.69, 9.17) is 5.26 Å². The van der Waals surface area contributed by atoms with Crippen LogP contribution in [0.1, 0.15) is 18.5 Å². The molecule has 0 N–H and O–H groups in total. The van der Waals surface area contributed by atoms with Gasteiger partial charge in [-0.05, 0) is 19.8 Å². The molecule has 0 unspecified atom stereocenters. The van der Waals surface area contributed by atoms with Crippen molar-refractivity contribution in [3.05, 3.63) is 11.1 Å². The molecule has 0 atom stereocenters. The van der Waals surface area contributed by atoms with E-state index in [2.05, 4.69) is 11.1 Å². The van der Waals surface area contributed by atoms with Gasteiger partial charge < -0.3 is 0 Å². The molecule has 0 aromatic carbocycles. The Kier molecular flexibility index (Phi) is 2.31. The Balaban J connectivity index is 1.90. The molecule has 0 radical (unpaired) electrons. The van der Waals surface area contributed by atoms with Gasteiger partial charge in [-0.3, -0.25) is 0 Å². The van der Waals surface area contributed by atoms with Crippen molar-refractivity contribution in [1.82, 2.24) is 4.98 Å². The summed E-state index contributed by atoms with van der Waals surface area (Å²) in [4.78, 5) is 4.35. The highest BCUT2D eigenvalue weighted by molar-refractivity contribution is 8.01. The van der Waals surface area contributed by atoms with Crippen molar-refractivity contribution >= 4 is 23.1 Å². The Morgan fingerprint density at radius 2 is 2.54 bits per heavy atom. The summed E-state index contributed by atoms with van der Waals surface area (Å²) in [6.45, 7) is 2.00. The minimum absolute atomic E-state index is 0.00968. The summed E-state index contributed by atoms with van der Waals surface area (Å²) in [5, 5.41) is 10.9.